The van der Waals surface area contributed by atoms with Crippen LogP contribution in [0.3, 0.4) is 0 Å². The fourth-order valence-corrected chi connectivity index (χ4v) is 2.45. The van der Waals surface area contributed by atoms with Crippen LogP contribution < -0.4 is 10.6 Å². The van der Waals surface area contributed by atoms with Gasteiger partial charge in [-0.2, -0.15) is 5.10 Å². The third-order valence-electron chi connectivity index (χ3n) is 3.63. The van der Waals surface area contributed by atoms with Gasteiger partial charge in [-0.05, 0) is 30.3 Å². The zero-order valence-electron chi connectivity index (χ0n) is 13.3. The number of amides is 1. The van der Waals surface area contributed by atoms with E-state index >= 15 is 0 Å². The van der Waals surface area contributed by atoms with Crippen molar-refractivity contribution in [3.05, 3.63) is 66.1 Å². The molecule has 25 heavy (non-hydrogen) atoms. The van der Waals surface area contributed by atoms with Crippen LogP contribution in [0.2, 0.25) is 0 Å². The molecule has 0 saturated carbocycles. The van der Waals surface area contributed by atoms with Gasteiger partial charge >= 0.3 is 0 Å². The van der Waals surface area contributed by atoms with Gasteiger partial charge in [-0.3, -0.25) is 9.89 Å². The molecule has 0 bridgehead atoms. The van der Waals surface area contributed by atoms with Crippen LogP contribution in [0.1, 0.15) is 5.56 Å². The van der Waals surface area contributed by atoms with E-state index in [0.29, 0.717) is 23.5 Å². The van der Waals surface area contributed by atoms with Gasteiger partial charge in [0.25, 0.3) is 0 Å². The molecular formula is C18H17FN4O2. The van der Waals surface area contributed by atoms with Crippen molar-refractivity contribution in [2.45, 2.75) is 6.54 Å². The molecule has 4 N–H and O–H groups in total. The molecular weight excluding hydrogens is 323 g/mol. The second kappa shape index (κ2) is 7.59. The van der Waals surface area contributed by atoms with Crippen LogP contribution in [0.25, 0.3) is 11.3 Å². The Bertz CT molecular complexity index is 879. The molecule has 0 unspecified atom stereocenters. The summed E-state index contributed by atoms with van der Waals surface area (Å²) >= 11 is 0. The molecule has 3 rings (SSSR count). The number of nitrogens with one attached hydrogen (secondary N) is 3. The van der Waals surface area contributed by atoms with E-state index in [4.69, 9.17) is 5.11 Å². The van der Waals surface area contributed by atoms with Crippen molar-refractivity contribution >= 4 is 17.3 Å². The molecule has 1 heterocycles. The smallest absolute Gasteiger partial charge is 0.250 e. The van der Waals surface area contributed by atoms with Gasteiger partial charge in [-0.15, -0.1) is 0 Å². The molecule has 2 aromatic carbocycles. The summed E-state index contributed by atoms with van der Waals surface area (Å²) in [5, 5.41) is 21.4. The Morgan fingerprint density at radius 2 is 1.96 bits per heavy atom. The molecule has 128 valence electrons. The maximum atomic E-state index is 14.0. The Labute approximate surface area is 143 Å². The van der Waals surface area contributed by atoms with Crippen LogP contribution in [0.5, 0.6) is 0 Å². The molecule has 1 aromatic heterocycles. The van der Waals surface area contributed by atoms with E-state index in [2.05, 4.69) is 20.8 Å². The molecule has 3 aromatic rings. The predicted molar refractivity (Wildman–Crippen MR) is 93.5 cm³/mol. The first-order valence-electron chi connectivity index (χ1n) is 7.69. The van der Waals surface area contributed by atoms with E-state index in [0.717, 1.165) is 11.3 Å². The number of hydrogen-bond donors (Lipinski definition) is 4. The molecule has 0 atom stereocenters. The quantitative estimate of drug-likeness (QED) is 0.555. The molecule has 1 amide bonds. The number of H-pyrrole nitrogens is 1. The summed E-state index contributed by atoms with van der Waals surface area (Å²) in [4.78, 5) is 11.2. The molecule has 0 radical (unpaired) electrons. The van der Waals surface area contributed by atoms with Gasteiger partial charge in [0, 0.05) is 29.0 Å². The van der Waals surface area contributed by atoms with Crippen LogP contribution >= 0.6 is 0 Å². The SMILES string of the molecule is O=C(CO)Nc1cccc(NCc2cn[nH]c2-c2ccccc2F)c1. The van der Waals surface area contributed by atoms with Gasteiger partial charge in [-0.25, -0.2) is 4.39 Å². The van der Waals surface area contributed by atoms with Crippen molar-refractivity contribution < 1.29 is 14.3 Å². The second-order valence-electron chi connectivity index (χ2n) is 5.39. The summed E-state index contributed by atoms with van der Waals surface area (Å²) in [6.45, 7) is -0.143. The normalized spacial score (nSPS) is 10.5. The third kappa shape index (κ3) is 4.02. The average molecular weight is 340 g/mol. The summed E-state index contributed by atoms with van der Waals surface area (Å²) in [6.07, 6.45) is 1.65. The van der Waals surface area contributed by atoms with Gasteiger partial charge in [0.05, 0.1) is 11.9 Å². The van der Waals surface area contributed by atoms with Crippen LogP contribution in [-0.2, 0) is 11.3 Å². The van der Waals surface area contributed by atoms with E-state index in [1.165, 1.54) is 6.07 Å². The number of aliphatic hydroxyl groups is 1. The second-order valence-corrected chi connectivity index (χ2v) is 5.39. The highest BCUT2D eigenvalue weighted by molar-refractivity contribution is 5.91. The lowest BCUT2D eigenvalue weighted by Crippen LogP contribution is -2.15. The number of anilines is 2. The molecule has 0 saturated heterocycles. The minimum Gasteiger partial charge on any atom is -0.387 e. The van der Waals surface area contributed by atoms with Crippen molar-refractivity contribution in [1.29, 1.82) is 0 Å². The Hall–Kier alpha value is -3.19. The van der Waals surface area contributed by atoms with Crippen molar-refractivity contribution in [3.8, 4) is 11.3 Å². The van der Waals surface area contributed by atoms with Crippen LogP contribution in [0.15, 0.2) is 54.7 Å². The average Bonchev–Trinajstić information content (AvgIpc) is 3.09. The zero-order chi connectivity index (χ0) is 17.6. The molecule has 0 fully saturated rings. The summed E-state index contributed by atoms with van der Waals surface area (Å²) in [5.74, 6) is -0.796. The molecule has 0 aliphatic carbocycles. The Morgan fingerprint density at radius 3 is 2.76 bits per heavy atom. The number of rotatable bonds is 6. The van der Waals surface area contributed by atoms with Gasteiger partial charge in [0.2, 0.25) is 5.91 Å². The summed E-state index contributed by atoms with van der Waals surface area (Å²) in [7, 11) is 0. The molecule has 0 aliphatic heterocycles. The molecule has 6 nitrogen and oxygen atoms in total. The van der Waals surface area contributed by atoms with Gasteiger partial charge in [0.15, 0.2) is 0 Å². The molecule has 0 aliphatic rings. The Morgan fingerprint density at radius 1 is 1.16 bits per heavy atom. The lowest BCUT2D eigenvalue weighted by molar-refractivity contribution is -0.118. The lowest BCUT2D eigenvalue weighted by Gasteiger charge is -2.10. The van der Waals surface area contributed by atoms with E-state index in [1.54, 1.807) is 42.6 Å². The van der Waals surface area contributed by atoms with Crippen molar-refractivity contribution in [3.63, 3.8) is 0 Å². The highest BCUT2D eigenvalue weighted by Gasteiger charge is 2.11. The standard InChI is InChI=1S/C18H17FN4O2/c19-16-7-2-1-6-15(16)18-12(10-21-23-18)9-20-13-4-3-5-14(8-13)22-17(25)11-24/h1-8,10,20,24H,9,11H2,(H,21,23)(H,22,25). The van der Waals surface area contributed by atoms with E-state index in [9.17, 15) is 9.18 Å². The molecule has 0 spiro atoms. The summed E-state index contributed by atoms with van der Waals surface area (Å²) < 4.78 is 14.0. The number of benzene rings is 2. The highest BCUT2D eigenvalue weighted by atomic mass is 19.1. The number of aromatic nitrogens is 2. The summed E-state index contributed by atoms with van der Waals surface area (Å²) in [5.41, 5.74) is 3.24. The lowest BCUT2D eigenvalue weighted by atomic mass is 10.1. The van der Waals surface area contributed by atoms with E-state index in [-0.39, 0.29) is 5.82 Å². The van der Waals surface area contributed by atoms with Gasteiger partial charge < -0.3 is 15.7 Å². The fraction of sp³-hybridized carbons (Fsp3) is 0.111. The van der Waals surface area contributed by atoms with Gasteiger partial charge in [-0.1, -0.05) is 18.2 Å². The Kier molecular flexibility index (Phi) is 5.06. The molecule has 7 heteroatoms. The number of hydrogen-bond acceptors (Lipinski definition) is 4. The first kappa shape index (κ1) is 16.7. The number of halogens is 1. The number of carbonyl (C=O) groups excluding carboxylic acids is 1. The number of nitrogens with zero attached hydrogens (tertiary/aromatic N) is 1. The minimum atomic E-state index is -0.571. The minimum absolute atomic E-state index is 0.318. The summed E-state index contributed by atoms with van der Waals surface area (Å²) in [6, 6.07) is 13.6. The van der Waals surface area contributed by atoms with Crippen molar-refractivity contribution in [2.24, 2.45) is 0 Å². The van der Waals surface area contributed by atoms with Gasteiger partial charge in [0.1, 0.15) is 12.4 Å². The first-order valence-corrected chi connectivity index (χ1v) is 7.69. The van der Waals surface area contributed by atoms with E-state index in [1.807, 2.05) is 6.07 Å². The fourth-order valence-electron chi connectivity index (χ4n) is 2.45. The monoisotopic (exact) mass is 340 g/mol. The number of carbonyl (C=O) groups is 1. The van der Waals surface area contributed by atoms with E-state index < -0.39 is 12.5 Å². The van der Waals surface area contributed by atoms with Crippen LogP contribution in [0.4, 0.5) is 15.8 Å². The first-order chi connectivity index (χ1) is 12.2. The highest BCUT2D eigenvalue weighted by Crippen LogP contribution is 2.25. The zero-order valence-corrected chi connectivity index (χ0v) is 13.3. The number of aromatic amines is 1. The van der Waals surface area contributed by atoms with Crippen molar-refractivity contribution in [1.82, 2.24) is 10.2 Å². The topological polar surface area (TPSA) is 90.0 Å². The maximum Gasteiger partial charge on any atom is 0.250 e. The Balaban J connectivity index is 1.73. The third-order valence-corrected chi connectivity index (χ3v) is 3.63. The van der Waals surface area contributed by atoms with Crippen LogP contribution in [0, 0.1) is 5.82 Å². The largest absolute Gasteiger partial charge is 0.387 e. The van der Waals surface area contributed by atoms with Crippen molar-refractivity contribution in [2.75, 3.05) is 17.2 Å². The van der Waals surface area contributed by atoms with Crippen LogP contribution in [-0.4, -0.2) is 27.8 Å². The maximum absolute atomic E-state index is 14.0. The predicted octanol–water partition coefficient (Wildman–Crippen LogP) is 2.76. The number of aliphatic hydroxyl groups excluding tert-OH is 1.